The van der Waals surface area contributed by atoms with E-state index in [1.54, 1.807) is 13.2 Å². The normalized spacial score (nSPS) is 19.3. The molecule has 108 valence electrons. The highest BCUT2D eigenvalue weighted by Crippen LogP contribution is 2.20. The molecule has 0 saturated carbocycles. The fraction of sp³-hybridized carbons (Fsp3) is 0.471. The quantitative estimate of drug-likeness (QED) is 0.786. The Balaban J connectivity index is 2.00. The minimum Gasteiger partial charge on any atom is -0.497 e. The Bertz CT molecular complexity index is 464. The fourth-order valence-electron chi connectivity index (χ4n) is 2.69. The third-order valence-corrected chi connectivity index (χ3v) is 3.92. The van der Waals surface area contributed by atoms with Gasteiger partial charge in [-0.3, -0.25) is 4.79 Å². The van der Waals surface area contributed by atoms with Crippen LogP contribution >= 0.6 is 0 Å². The molecule has 1 heterocycles. The first-order valence-corrected chi connectivity index (χ1v) is 7.37. The van der Waals surface area contributed by atoms with Crippen molar-refractivity contribution in [1.29, 1.82) is 0 Å². The van der Waals surface area contributed by atoms with Gasteiger partial charge in [-0.15, -0.1) is 0 Å². The first-order chi connectivity index (χ1) is 9.74. The van der Waals surface area contributed by atoms with Gasteiger partial charge in [0.15, 0.2) is 0 Å². The molecule has 1 unspecified atom stereocenters. The minimum absolute atomic E-state index is 0.132. The van der Waals surface area contributed by atoms with Crippen LogP contribution in [0.15, 0.2) is 30.3 Å². The van der Waals surface area contributed by atoms with E-state index >= 15 is 0 Å². The lowest BCUT2D eigenvalue weighted by molar-refractivity contribution is -0.129. The topological polar surface area (TPSA) is 29.5 Å². The zero-order chi connectivity index (χ0) is 14.4. The third kappa shape index (κ3) is 3.62. The summed E-state index contributed by atoms with van der Waals surface area (Å²) in [7, 11) is 1.65. The van der Waals surface area contributed by atoms with Gasteiger partial charge < -0.3 is 9.64 Å². The molecule has 0 aromatic heterocycles. The molecule has 20 heavy (non-hydrogen) atoms. The molecular weight excluding hydrogens is 250 g/mol. The van der Waals surface area contributed by atoms with Gasteiger partial charge in [-0.2, -0.15) is 0 Å². The number of hydrogen-bond acceptors (Lipinski definition) is 2. The van der Waals surface area contributed by atoms with Crippen LogP contribution in [0.3, 0.4) is 0 Å². The molecule has 0 aliphatic carbocycles. The first kappa shape index (κ1) is 14.6. The molecule has 0 spiro atoms. The Kier molecular flexibility index (Phi) is 5.22. The van der Waals surface area contributed by atoms with Crippen LogP contribution in [0.2, 0.25) is 0 Å². The number of piperidine rings is 1. The lowest BCUT2D eigenvalue weighted by atomic mass is 10.00. The molecule has 0 N–H and O–H groups in total. The number of hydrogen-bond donors (Lipinski definition) is 0. The highest BCUT2D eigenvalue weighted by Gasteiger charge is 2.23. The maximum atomic E-state index is 12.3. The van der Waals surface area contributed by atoms with Crippen molar-refractivity contribution in [2.75, 3.05) is 13.7 Å². The van der Waals surface area contributed by atoms with Crippen molar-refractivity contribution in [2.24, 2.45) is 0 Å². The maximum absolute atomic E-state index is 12.3. The maximum Gasteiger partial charge on any atom is 0.246 e. The van der Waals surface area contributed by atoms with Crippen LogP contribution in [0.4, 0.5) is 0 Å². The van der Waals surface area contributed by atoms with Crippen LogP contribution in [0.1, 0.15) is 38.2 Å². The summed E-state index contributed by atoms with van der Waals surface area (Å²) in [5.41, 5.74) is 1.02. The average Bonchev–Trinajstić information content (AvgIpc) is 2.53. The average molecular weight is 273 g/mol. The summed E-state index contributed by atoms with van der Waals surface area (Å²) in [6, 6.07) is 8.13. The van der Waals surface area contributed by atoms with Crippen LogP contribution in [0.5, 0.6) is 5.75 Å². The van der Waals surface area contributed by atoms with E-state index in [0.717, 1.165) is 37.1 Å². The molecule has 1 aromatic rings. The standard InChI is InChI=1S/C17H23NO2/c1-3-15-6-4-5-13-18(15)17(19)12-9-14-7-10-16(20-2)11-8-14/h7-12,15H,3-6,13H2,1-2H3/b12-9+. The number of likely N-dealkylation sites (tertiary alicyclic amines) is 1. The molecule has 3 nitrogen and oxygen atoms in total. The summed E-state index contributed by atoms with van der Waals surface area (Å²) >= 11 is 0. The molecule has 1 atom stereocenters. The second-order valence-corrected chi connectivity index (χ2v) is 5.20. The molecule has 2 rings (SSSR count). The second-order valence-electron chi connectivity index (χ2n) is 5.20. The number of benzene rings is 1. The van der Waals surface area contributed by atoms with Crippen molar-refractivity contribution in [3.63, 3.8) is 0 Å². The first-order valence-electron chi connectivity index (χ1n) is 7.37. The van der Waals surface area contributed by atoms with E-state index in [1.165, 1.54) is 6.42 Å². The Labute approximate surface area is 121 Å². The SMILES string of the molecule is CCC1CCCCN1C(=O)/C=C/c1ccc(OC)cc1. The lowest BCUT2D eigenvalue weighted by Crippen LogP contribution is -2.42. The van der Waals surface area contributed by atoms with Gasteiger partial charge in [0, 0.05) is 18.7 Å². The summed E-state index contributed by atoms with van der Waals surface area (Å²) in [6.07, 6.45) is 8.11. The van der Waals surface area contributed by atoms with Crippen molar-refractivity contribution in [1.82, 2.24) is 4.90 Å². The van der Waals surface area contributed by atoms with E-state index in [9.17, 15) is 4.79 Å². The summed E-state index contributed by atoms with van der Waals surface area (Å²) in [5.74, 6) is 0.961. The van der Waals surface area contributed by atoms with Crippen molar-refractivity contribution >= 4 is 12.0 Å². The molecule has 3 heteroatoms. The van der Waals surface area contributed by atoms with Crippen molar-refractivity contribution in [2.45, 2.75) is 38.6 Å². The van der Waals surface area contributed by atoms with Crippen molar-refractivity contribution < 1.29 is 9.53 Å². The number of ether oxygens (including phenoxy) is 1. The van der Waals surface area contributed by atoms with Crippen molar-refractivity contribution in [3.05, 3.63) is 35.9 Å². The Hall–Kier alpha value is -1.77. The largest absolute Gasteiger partial charge is 0.497 e. The lowest BCUT2D eigenvalue weighted by Gasteiger charge is -2.34. The van der Waals surface area contributed by atoms with E-state index in [0.29, 0.717) is 6.04 Å². The van der Waals surface area contributed by atoms with Gasteiger partial charge in [0.05, 0.1) is 7.11 Å². The van der Waals surface area contributed by atoms with Gasteiger partial charge in [-0.05, 0) is 49.5 Å². The van der Waals surface area contributed by atoms with E-state index < -0.39 is 0 Å². The smallest absolute Gasteiger partial charge is 0.246 e. The number of amides is 1. The highest BCUT2D eigenvalue weighted by molar-refractivity contribution is 5.92. The molecule has 1 aromatic carbocycles. The molecule has 1 aliphatic heterocycles. The summed E-state index contributed by atoms with van der Waals surface area (Å²) in [4.78, 5) is 14.3. The third-order valence-electron chi connectivity index (χ3n) is 3.92. The molecule has 0 radical (unpaired) electrons. The molecule has 1 saturated heterocycles. The molecule has 1 amide bonds. The second kappa shape index (κ2) is 7.13. The van der Waals surface area contributed by atoms with Crippen LogP contribution in [-0.4, -0.2) is 30.5 Å². The van der Waals surface area contributed by atoms with E-state index in [2.05, 4.69) is 6.92 Å². The summed E-state index contributed by atoms with van der Waals surface area (Å²) < 4.78 is 5.12. The van der Waals surface area contributed by atoms with Crippen molar-refractivity contribution in [3.8, 4) is 5.75 Å². The minimum atomic E-state index is 0.132. The monoisotopic (exact) mass is 273 g/mol. The van der Waals surface area contributed by atoms with Gasteiger partial charge in [0.1, 0.15) is 5.75 Å². The number of methoxy groups -OCH3 is 1. The van der Waals surface area contributed by atoms with E-state index in [-0.39, 0.29) is 5.91 Å². The van der Waals surface area contributed by atoms with Gasteiger partial charge in [0.25, 0.3) is 0 Å². The van der Waals surface area contributed by atoms with Crippen LogP contribution in [0.25, 0.3) is 6.08 Å². The molecule has 1 aliphatic rings. The molecule has 1 fully saturated rings. The fourth-order valence-corrected chi connectivity index (χ4v) is 2.69. The zero-order valence-electron chi connectivity index (χ0n) is 12.3. The molecular formula is C17H23NO2. The summed E-state index contributed by atoms with van der Waals surface area (Å²) in [6.45, 7) is 3.05. The zero-order valence-corrected chi connectivity index (χ0v) is 12.3. The summed E-state index contributed by atoms with van der Waals surface area (Å²) in [5, 5.41) is 0. The van der Waals surface area contributed by atoms with Crippen LogP contribution in [0, 0.1) is 0 Å². The Morgan fingerprint density at radius 3 is 2.75 bits per heavy atom. The van der Waals surface area contributed by atoms with Crippen LogP contribution in [-0.2, 0) is 4.79 Å². The number of carbonyl (C=O) groups excluding carboxylic acids is 1. The number of carbonyl (C=O) groups is 1. The van der Waals surface area contributed by atoms with E-state index in [4.69, 9.17) is 4.74 Å². The van der Waals surface area contributed by atoms with E-state index in [1.807, 2.05) is 35.2 Å². The Morgan fingerprint density at radius 2 is 2.10 bits per heavy atom. The van der Waals surface area contributed by atoms with Crippen LogP contribution < -0.4 is 4.74 Å². The Morgan fingerprint density at radius 1 is 1.35 bits per heavy atom. The predicted molar refractivity (Wildman–Crippen MR) is 81.7 cm³/mol. The van der Waals surface area contributed by atoms with Gasteiger partial charge in [0.2, 0.25) is 5.91 Å². The van der Waals surface area contributed by atoms with Gasteiger partial charge in [-0.25, -0.2) is 0 Å². The highest BCUT2D eigenvalue weighted by atomic mass is 16.5. The van der Waals surface area contributed by atoms with Gasteiger partial charge >= 0.3 is 0 Å². The number of rotatable bonds is 4. The predicted octanol–water partition coefficient (Wildman–Crippen LogP) is 3.50. The molecule has 0 bridgehead atoms. The van der Waals surface area contributed by atoms with Gasteiger partial charge in [-0.1, -0.05) is 19.1 Å². The number of nitrogens with zero attached hydrogens (tertiary/aromatic N) is 1.